The van der Waals surface area contributed by atoms with Gasteiger partial charge in [-0.1, -0.05) is 36.4 Å². The minimum atomic E-state index is -0.182. The summed E-state index contributed by atoms with van der Waals surface area (Å²) >= 11 is 0. The molecule has 2 heterocycles. The molecule has 1 aromatic heterocycles. The van der Waals surface area contributed by atoms with E-state index in [0.29, 0.717) is 5.69 Å². The Hall–Kier alpha value is -3.26. The molecule has 0 unspecified atom stereocenters. The Morgan fingerprint density at radius 1 is 1.14 bits per heavy atom. The van der Waals surface area contributed by atoms with Crippen LogP contribution in [0.3, 0.4) is 0 Å². The van der Waals surface area contributed by atoms with E-state index in [0.717, 1.165) is 43.7 Å². The molecule has 0 bridgehead atoms. The molecule has 0 radical (unpaired) electrons. The number of tetrazole rings is 1. The Morgan fingerprint density at radius 3 is 2.66 bits per heavy atom. The van der Waals surface area contributed by atoms with Crippen molar-refractivity contribution in [3.8, 4) is 5.69 Å². The first-order chi connectivity index (χ1) is 14.2. The van der Waals surface area contributed by atoms with E-state index in [1.807, 2.05) is 31.2 Å². The number of anilines is 1. The number of nitrogens with zero attached hydrogens (tertiary/aromatic N) is 5. The second kappa shape index (κ2) is 8.83. The minimum absolute atomic E-state index is 0.182. The fourth-order valence-corrected chi connectivity index (χ4v) is 3.64. The molecule has 8 heteroatoms. The highest BCUT2D eigenvalue weighted by Gasteiger charge is 2.20. The fraction of sp³-hybridized carbons (Fsp3) is 0.333. The van der Waals surface area contributed by atoms with Gasteiger partial charge in [0.2, 0.25) is 0 Å². The predicted molar refractivity (Wildman–Crippen MR) is 111 cm³/mol. The Morgan fingerprint density at radius 2 is 1.93 bits per heavy atom. The highest BCUT2D eigenvalue weighted by molar-refractivity contribution is 5.89. The van der Waals surface area contributed by atoms with E-state index in [1.165, 1.54) is 11.9 Å². The summed E-state index contributed by atoms with van der Waals surface area (Å²) in [5.74, 6) is 0. The first kappa shape index (κ1) is 19.1. The van der Waals surface area contributed by atoms with E-state index in [2.05, 4.69) is 55.3 Å². The molecule has 1 saturated heterocycles. The highest BCUT2D eigenvalue weighted by Crippen LogP contribution is 2.19. The summed E-state index contributed by atoms with van der Waals surface area (Å²) in [7, 11) is 0. The molecule has 1 fully saturated rings. The maximum atomic E-state index is 12.5. The predicted octanol–water partition coefficient (Wildman–Crippen LogP) is 2.76. The van der Waals surface area contributed by atoms with Crippen LogP contribution in [0.15, 0.2) is 54.9 Å². The number of rotatable bonds is 5. The van der Waals surface area contributed by atoms with Crippen molar-refractivity contribution >= 4 is 11.7 Å². The molecule has 4 rings (SSSR count). The topological polar surface area (TPSA) is 88.0 Å². The molecule has 3 aromatic rings. The third kappa shape index (κ3) is 4.97. The van der Waals surface area contributed by atoms with Crippen molar-refractivity contribution < 1.29 is 4.79 Å². The Labute approximate surface area is 169 Å². The lowest BCUT2D eigenvalue weighted by molar-refractivity contribution is 0.190. The van der Waals surface area contributed by atoms with Crippen LogP contribution in [0.25, 0.3) is 5.69 Å². The van der Waals surface area contributed by atoms with E-state index >= 15 is 0 Å². The summed E-state index contributed by atoms with van der Waals surface area (Å²) in [5, 5.41) is 17.3. The van der Waals surface area contributed by atoms with E-state index < -0.39 is 0 Å². The van der Waals surface area contributed by atoms with Gasteiger partial charge in [-0.25, -0.2) is 9.48 Å². The van der Waals surface area contributed by atoms with Gasteiger partial charge in [-0.2, -0.15) is 0 Å². The number of amides is 2. The van der Waals surface area contributed by atoms with Crippen molar-refractivity contribution in [3.63, 3.8) is 0 Å². The van der Waals surface area contributed by atoms with Crippen LogP contribution in [0.5, 0.6) is 0 Å². The number of nitrogens with one attached hydrogen (secondary N) is 2. The largest absolute Gasteiger partial charge is 0.335 e. The number of aromatic nitrogens is 4. The van der Waals surface area contributed by atoms with Gasteiger partial charge in [0.15, 0.2) is 0 Å². The van der Waals surface area contributed by atoms with Crippen molar-refractivity contribution in [2.45, 2.75) is 32.4 Å². The first-order valence-corrected chi connectivity index (χ1v) is 9.85. The van der Waals surface area contributed by atoms with Gasteiger partial charge in [-0.3, -0.25) is 4.90 Å². The minimum Gasteiger partial charge on any atom is -0.335 e. The van der Waals surface area contributed by atoms with Gasteiger partial charge in [0, 0.05) is 31.4 Å². The van der Waals surface area contributed by atoms with Gasteiger partial charge in [0.1, 0.15) is 6.33 Å². The third-order valence-corrected chi connectivity index (χ3v) is 5.23. The molecular formula is C21H25N7O. The van der Waals surface area contributed by atoms with Crippen LogP contribution < -0.4 is 10.6 Å². The number of hydrogen-bond acceptors (Lipinski definition) is 5. The molecule has 0 spiro atoms. The molecule has 150 valence electrons. The van der Waals surface area contributed by atoms with Crippen LogP contribution in [0.1, 0.15) is 24.0 Å². The molecule has 2 aromatic carbocycles. The van der Waals surface area contributed by atoms with Crippen molar-refractivity contribution in [2.24, 2.45) is 0 Å². The zero-order chi connectivity index (χ0) is 20.1. The molecule has 0 saturated carbocycles. The molecule has 2 amide bonds. The van der Waals surface area contributed by atoms with Gasteiger partial charge in [0.25, 0.3) is 0 Å². The molecular weight excluding hydrogens is 366 g/mol. The normalized spacial score (nSPS) is 15.2. The summed E-state index contributed by atoms with van der Waals surface area (Å²) < 4.78 is 1.58. The number of benzene rings is 2. The average Bonchev–Trinajstić information content (AvgIpc) is 3.26. The maximum Gasteiger partial charge on any atom is 0.319 e. The van der Waals surface area contributed by atoms with Gasteiger partial charge >= 0.3 is 6.03 Å². The standard InChI is InChI=1S/C21H25N7O/c1-16-7-8-19(13-20(16)28-15-22-25-26-28)24-21(29)23-18-9-11-27(12-10-18)14-17-5-3-2-4-6-17/h2-8,13,15,18H,9-12,14H2,1H3,(H2,23,24,29). The number of hydrogen-bond donors (Lipinski definition) is 2. The summed E-state index contributed by atoms with van der Waals surface area (Å²) in [6.07, 6.45) is 3.43. The van der Waals surface area contributed by atoms with Gasteiger partial charge in [0.05, 0.1) is 5.69 Å². The summed E-state index contributed by atoms with van der Waals surface area (Å²) in [6.45, 7) is 4.90. The van der Waals surface area contributed by atoms with Crippen LogP contribution in [0.2, 0.25) is 0 Å². The van der Waals surface area contributed by atoms with Crippen LogP contribution in [0.4, 0.5) is 10.5 Å². The monoisotopic (exact) mass is 391 g/mol. The third-order valence-electron chi connectivity index (χ3n) is 5.23. The lowest BCUT2D eigenvalue weighted by Gasteiger charge is -2.32. The van der Waals surface area contributed by atoms with E-state index in [-0.39, 0.29) is 12.1 Å². The Kier molecular flexibility index (Phi) is 5.81. The van der Waals surface area contributed by atoms with Crippen molar-refractivity contribution in [2.75, 3.05) is 18.4 Å². The van der Waals surface area contributed by atoms with Crippen molar-refractivity contribution in [3.05, 3.63) is 66.0 Å². The smallest absolute Gasteiger partial charge is 0.319 e. The van der Waals surface area contributed by atoms with Crippen LogP contribution in [0, 0.1) is 6.92 Å². The summed E-state index contributed by atoms with van der Waals surface area (Å²) in [5.41, 5.74) is 3.89. The van der Waals surface area contributed by atoms with Gasteiger partial charge in [-0.05, 0) is 53.5 Å². The van der Waals surface area contributed by atoms with Crippen LogP contribution in [-0.4, -0.2) is 50.3 Å². The van der Waals surface area contributed by atoms with Crippen molar-refractivity contribution in [1.82, 2.24) is 30.4 Å². The molecule has 8 nitrogen and oxygen atoms in total. The summed E-state index contributed by atoms with van der Waals surface area (Å²) in [6, 6.07) is 16.2. The zero-order valence-corrected chi connectivity index (χ0v) is 16.5. The average molecular weight is 391 g/mol. The summed E-state index contributed by atoms with van der Waals surface area (Å²) in [4.78, 5) is 14.9. The van der Waals surface area contributed by atoms with Crippen molar-refractivity contribution in [1.29, 1.82) is 0 Å². The molecule has 0 aliphatic carbocycles. The second-order valence-corrected chi connectivity index (χ2v) is 7.39. The SMILES string of the molecule is Cc1ccc(NC(=O)NC2CCN(Cc3ccccc3)CC2)cc1-n1cnnn1. The Balaban J connectivity index is 1.28. The van der Waals surface area contributed by atoms with E-state index in [4.69, 9.17) is 0 Å². The molecule has 0 atom stereocenters. The lowest BCUT2D eigenvalue weighted by atomic mass is 10.0. The number of likely N-dealkylation sites (tertiary alicyclic amines) is 1. The van der Waals surface area contributed by atoms with Crippen LogP contribution in [-0.2, 0) is 6.54 Å². The molecule has 1 aliphatic heterocycles. The molecule has 2 N–H and O–H groups in total. The number of piperidine rings is 1. The second-order valence-electron chi connectivity index (χ2n) is 7.39. The van der Waals surface area contributed by atoms with Gasteiger partial charge in [-0.15, -0.1) is 5.10 Å². The van der Waals surface area contributed by atoms with Crippen LogP contribution >= 0.6 is 0 Å². The Bertz CT molecular complexity index is 935. The quantitative estimate of drug-likeness (QED) is 0.698. The molecule has 1 aliphatic rings. The first-order valence-electron chi connectivity index (χ1n) is 9.85. The zero-order valence-electron chi connectivity index (χ0n) is 16.5. The van der Waals surface area contributed by atoms with E-state index in [9.17, 15) is 4.79 Å². The highest BCUT2D eigenvalue weighted by atomic mass is 16.2. The number of carbonyl (C=O) groups excluding carboxylic acids is 1. The van der Waals surface area contributed by atoms with Gasteiger partial charge < -0.3 is 10.6 Å². The fourth-order valence-electron chi connectivity index (χ4n) is 3.64. The maximum absolute atomic E-state index is 12.5. The number of urea groups is 1. The molecule has 29 heavy (non-hydrogen) atoms. The lowest BCUT2D eigenvalue weighted by Crippen LogP contribution is -2.45. The number of aryl methyl sites for hydroxylation is 1. The number of carbonyl (C=O) groups is 1. The van der Waals surface area contributed by atoms with E-state index in [1.54, 1.807) is 4.68 Å².